The van der Waals surface area contributed by atoms with E-state index in [4.69, 9.17) is 0 Å². The number of aliphatic hydroxyl groups is 1. The average molecular weight is 405 g/mol. The van der Waals surface area contributed by atoms with Crippen LogP contribution in [-0.4, -0.2) is 24.7 Å². The number of aliphatic hydroxyl groups excluding tert-OH is 1. The lowest BCUT2D eigenvalue weighted by molar-refractivity contribution is -0.110. The highest BCUT2D eigenvalue weighted by Gasteiger charge is 2.55. The number of carbonyl (C=O) groups is 1. The van der Waals surface area contributed by atoms with Gasteiger partial charge in [0.25, 0.3) is 0 Å². The number of rotatable bonds is 6. The van der Waals surface area contributed by atoms with E-state index in [-0.39, 0.29) is 10.4 Å². The zero-order valence-corrected chi connectivity index (χ0v) is 19.4. The van der Waals surface area contributed by atoms with Crippen LogP contribution < -0.4 is 10.4 Å². The van der Waals surface area contributed by atoms with Crippen molar-refractivity contribution >= 4 is 23.9 Å². The van der Waals surface area contributed by atoms with E-state index in [1.54, 1.807) is 12.2 Å². The Hall–Kier alpha value is -2.45. The molecule has 152 valence electrons. The number of hydrogen-bond donors (Lipinski definition) is 1. The third-order valence-electron chi connectivity index (χ3n) is 5.18. The van der Waals surface area contributed by atoms with Gasteiger partial charge in [0.15, 0.2) is 5.41 Å². The Labute approximate surface area is 176 Å². The minimum atomic E-state index is -3.02. The predicted octanol–water partition coefficient (Wildman–Crippen LogP) is 4.59. The van der Waals surface area contributed by atoms with E-state index in [1.807, 2.05) is 57.2 Å². The fourth-order valence-corrected chi connectivity index (χ4v) is 9.30. The Morgan fingerprint density at radius 3 is 1.76 bits per heavy atom. The van der Waals surface area contributed by atoms with Gasteiger partial charge in [-0.1, -0.05) is 93.6 Å². The van der Waals surface area contributed by atoms with Crippen LogP contribution >= 0.6 is 0 Å². The summed E-state index contributed by atoms with van der Waals surface area (Å²) >= 11 is 0. The molecule has 0 bridgehead atoms. The van der Waals surface area contributed by atoms with Gasteiger partial charge in [0.05, 0.1) is 5.57 Å². The standard InChI is InChI=1S/C26H32O2Si/c1-7-14-24(27)23(19-20(2)3)25(28)29(26(4,5)6,21-15-10-8-11-16-21)22-17-12-9-13-18-22/h7-18,24,27H,1-6H3/b14-7+. The Morgan fingerprint density at radius 1 is 0.966 bits per heavy atom. The third-order valence-corrected chi connectivity index (χ3v) is 10.8. The van der Waals surface area contributed by atoms with Crippen LogP contribution in [0, 0.1) is 0 Å². The molecule has 0 aliphatic rings. The molecule has 2 rings (SSSR count). The maximum absolute atomic E-state index is 14.4. The van der Waals surface area contributed by atoms with Crippen LogP contribution in [-0.2, 0) is 4.79 Å². The van der Waals surface area contributed by atoms with E-state index in [0.717, 1.165) is 15.9 Å². The van der Waals surface area contributed by atoms with Crippen molar-refractivity contribution in [3.8, 4) is 0 Å². The maximum atomic E-state index is 14.4. The molecule has 0 radical (unpaired) electrons. The van der Waals surface area contributed by atoms with Crippen LogP contribution in [0.25, 0.3) is 0 Å². The van der Waals surface area contributed by atoms with E-state index in [9.17, 15) is 9.90 Å². The number of benzene rings is 2. The van der Waals surface area contributed by atoms with E-state index in [0.29, 0.717) is 5.57 Å². The summed E-state index contributed by atoms with van der Waals surface area (Å²) in [5.41, 5.74) is 4.41. The number of carbonyl (C=O) groups excluding carboxylic acids is 1. The van der Waals surface area contributed by atoms with Crippen molar-refractivity contribution in [1.29, 1.82) is 0 Å². The number of allylic oxidation sites excluding steroid dienone is 1. The van der Waals surface area contributed by atoms with Crippen molar-refractivity contribution in [3.63, 3.8) is 0 Å². The molecule has 2 nitrogen and oxygen atoms in total. The van der Waals surface area contributed by atoms with Gasteiger partial charge in [-0.25, -0.2) is 0 Å². The first kappa shape index (κ1) is 22.8. The Morgan fingerprint density at radius 2 is 1.41 bits per heavy atom. The highest BCUT2D eigenvalue weighted by Crippen LogP contribution is 2.38. The normalized spacial score (nSPS) is 13.1. The minimum absolute atomic E-state index is 0.00852. The van der Waals surface area contributed by atoms with Gasteiger partial charge in [0.1, 0.15) is 6.10 Å². The van der Waals surface area contributed by atoms with E-state index < -0.39 is 14.2 Å². The minimum Gasteiger partial charge on any atom is -0.384 e. The van der Waals surface area contributed by atoms with Gasteiger partial charge in [-0.05, 0) is 41.8 Å². The summed E-state index contributed by atoms with van der Waals surface area (Å²) in [5, 5.41) is 12.6. The zero-order chi connectivity index (χ0) is 21.7. The molecule has 0 saturated carbocycles. The molecule has 0 saturated heterocycles. The van der Waals surface area contributed by atoms with Crippen molar-refractivity contribution in [2.45, 2.75) is 52.7 Å². The van der Waals surface area contributed by atoms with Crippen LogP contribution in [0.5, 0.6) is 0 Å². The molecular weight excluding hydrogens is 372 g/mol. The first-order chi connectivity index (χ1) is 13.7. The largest absolute Gasteiger partial charge is 0.384 e. The second kappa shape index (κ2) is 9.36. The van der Waals surface area contributed by atoms with E-state index in [2.05, 4.69) is 50.8 Å². The molecule has 1 unspecified atom stereocenters. The van der Waals surface area contributed by atoms with Gasteiger partial charge in [-0.2, -0.15) is 0 Å². The molecule has 0 aromatic heterocycles. The van der Waals surface area contributed by atoms with Crippen molar-refractivity contribution in [2.24, 2.45) is 0 Å². The summed E-state index contributed by atoms with van der Waals surface area (Å²) in [6, 6.07) is 20.2. The first-order valence-corrected chi connectivity index (χ1v) is 12.1. The molecule has 0 amide bonds. The Balaban J connectivity index is 2.97. The van der Waals surface area contributed by atoms with Crippen LogP contribution in [0.1, 0.15) is 41.5 Å². The third kappa shape index (κ3) is 4.59. The average Bonchev–Trinajstić information content (AvgIpc) is 2.67. The van der Waals surface area contributed by atoms with Crippen LogP contribution in [0.4, 0.5) is 0 Å². The van der Waals surface area contributed by atoms with Gasteiger partial charge in [-0.15, -0.1) is 5.73 Å². The topological polar surface area (TPSA) is 37.3 Å². The van der Waals surface area contributed by atoms with Gasteiger partial charge >= 0.3 is 0 Å². The molecule has 2 aromatic rings. The van der Waals surface area contributed by atoms with Gasteiger partial charge in [0.2, 0.25) is 8.07 Å². The lowest BCUT2D eigenvalue weighted by Crippen LogP contribution is -2.70. The highest BCUT2D eigenvalue weighted by atomic mass is 28.3. The first-order valence-electron chi connectivity index (χ1n) is 10.1. The second-order valence-corrected chi connectivity index (χ2v) is 13.2. The molecule has 0 aliphatic heterocycles. The van der Waals surface area contributed by atoms with Crippen molar-refractivity contribution in [3.05, 3.63) is 89.7 Å². The molecule has 29 heavy (non-hydrogen) atoms. The van der Waals surface area contributed by atoms with Gasteiger partial charge in [-0.3, -0.25) is 4.79 Å². The van der Waals surface area contributed by atoms with Crippen molar-refractivity contribution in [1.82, 2.24) is 0 Å². The summed E-state index contributed by atoms with van der Waals surface area (Å²) in [5.74, 6) is 0. The molecule has 0 spiro atoms. The zero-order valence-electron chi connectivity index (χ0n) is 18.4. The fourth-order valence-electron chi connectivity index (χ4n) is 4.03. The van der Waals surface area contributed by atoms with Crippen molar-refractivity contribution in [2.75, 3.05) is 0 Å². The quantitative estimate of drug-likeness (QED) is 0.331. The Kier molecular flexibility index (Phi) is 7.37. The molecule has 0 fully saturated rings. The van der Waals surface area contributed by atoms with E-state index in [1.165, 1.54) is 0 Å². The summed E-state index contributed by atoms with van der Waals surface area (Å²) in [7, 11) is -3.02. The molecule has 0 aliphatic carbocycles. The van der Waals surface area contributed by atoms with Crippen LogP contribution in [0.2, 0.25) is 5.04 Å². The second-order valence-electron chi connectivity index (χ2n) is 8.57. The molecule has 2 aromatic carbocycles. The monoisotopic (exact) mass is 404 g/mol. The molecule has 1 atom stereocenters. The van der Waals surface area contributed by atoms with Crippen molar-refractivity contribution < 1.29 is 9.90 Å². The van der Waals surface area contributed by atoms with Gasteiger partial charge in [0, 0.05) is 0 Å². The van der Waals surface area contributed by atoms with Gasteiger partial charge < -0.3 is 5.11 Å². The molecule has 0 heterocycles. The molecule has 1 N–H and O–H groups in total. The number of hydrogen-bond acceptors (Lipinski definition) is 2. The lowest BCUT2D eigenvalue weighted by Gasteiger charge is -2.42. The van der Waals surface area contributed by atoms with Crippen LogP contribution in [0.3, 0.4) is 0 Å². The van der Waals surface area contributed by atoms with Crippen LogP contribution in [0.15, 0.2) is 89.7 Å². The lowest BCUT2D eigenvalue weighted by atomic mass is 10.1. The summed E-state index contributed by atoms with van der Waals surface area (Å²) in [6.07, 6.45) is 2.45. The smallest absolute Gasteiger partial charge is 0.205 e. The fraction of sp³-hybridized carbons (Fsp3) is 0.308. The highest BCUT2D eigenvalue weighted by molar-refractivity contribution is 7.25. The summed E-state index contributed by atoms with van der Waals surface area (Å²) in [6.45, 7) is 12.1. The SMILES string of the molecule is C/C=C/C(O)C(=C=C(C)C)C(=O)[Si](c1ccccc1)(c1ccccc1)C(C)(C)C. The molecular formula is C26H32O2Si. The van der Waals surface area contributed by atoms with E-state index >= 15 is 0 Å². The summed E-state index contributed by atoms with van der Waals surface area (Å²) in [4.78, 5) is 14.4. The Bertz CT molecular complexity index is 884. The predicted molar refractivity (Wildman–Crippen MR) is 125 cm³/mol. The molecule has 3 heteroatoms. The summed E-state index contributed by atoms with van der Waals surface area (Å²) < 4.78 is 0. The maximum Gasteiger partial charge on any atom is 0.205 e.